The number of allylic oxidation sites excluding steroid dienone is 3. The number of fused-ring (bicyclic) bond motifs is 2. The molecule has 66 valence electrons. The molecule has 1 fully saturated rings. The molecule has 0 amide bonds. The van der Waals surface area contributed by atoms with Crippen LogP contribution in [0.25, 0.3) is 0 Å². The monoisotopic (exact) mass is 185 g/mol. The zero-order valence-corrected chi connectivity index (χ0v) is 7.98. The maximum atomic E-state index is 6.07. The highest BCUT2D eigenvalue weighted by Crippen LogP contribution is 2.41. The molecule has 1 heterocycles. The second kappa shape index (κ2) is 2.51. The highest BCUT2D eigenvalue weighted by molar-refractivity contribution is 6.30. The van der Waals surface area contributed by atoms with Crippen LogP contribution in [0.5, 0.6) is 0 Å². The van der Waals surface area contributed by atoms with Gasteiger partial charge < -0.3 is 10.1 Å². The van der Waals surface area contributed by atoms with Crippen LogP contribution in [-0.2, 0) is 4.74 Å². The fraction of sp³-hybridized carbons (Fsp3) is 0.556. The van der Waals surface area contributed by atoms with E-state index in [1.165, 1.54) is 5.70 Å². The summed E-state index contributed by atoms with van der Waals surface area (Å²) in [6.45, 7) is 2.03. The van der Waals surface area contributed by atoms with Crippen molar-refractivity contribution >= 4 is 11.6 Å². The second-order valence-electron chi connectivity index (χ2n) is 3.44. The summed E-state index contributed by atoms with van der Waals surface area (Å²) in [5, 5.41) is 4.19. The van der Waals surface area contributed by atoms with E-state index < -0.39 is 0 Å². The van der Waals surface area contributed by atoms with Crippen molar-refractivity contribution in [2.75, 3.05) is 7.11 Å². The molecule has 2 aliphatic rings. The van der Waals surface area contributed by atoms with E-state index in [1.807, 2.05) is 19.1 Å². The van der Waals surface area contributed by atoms with Gasteiger partial charge in [-0.05, 0) is 25.5 Å². The second-order valence-corrected chi connectivity index (χ2v) is 3.87. The van der Waals surface area contributed by atoms with Crippen molar-refractivity contribution < 1.29 is 4.74 Å². The highest BCUT2D eigenvalue weighted by Gasteiger charge is 2.44. The van der Waals surface area contributed by atoms with Gasteiger partial charge in [-0.1, -0.05) is 11.6 Å². The zero-order chi connectivity index (χ0) is 8.77. The molecular weight excluding hydrogens is 174 g/mol. The predicted molar refractivity (Wildman–Crippen MR) is 48.7 cm³/mol. The summed E-state index contributed by atoms with van der Waals surface area (Å²) < 4.78 is 5.41. The van der Waals surface area contributed by atoms with Crippen LogP contribution >= 0.6 is 11.6 Å². The smallest absolute Gasteiger partial charge is 0.143 e. The number of methoxy groups -OCH3 is 1. The number of ether oxygens (including phenoxy) is 1. The van der Waals surface area contributed by atoms with Crippen LogP contribution in [0, 0.1) is 5.92 Å². The lowest BCUT2D eigenvalue weighted by Gasteiger charge is -2.29. The SMILES string of the molecule is COC1(C)NC2=CC=C(Cl)[C@H]1C2. The van der Waals surface area contributed by atoms with Crippen molar-refractivity contribution in [2.45, 2.75) is 19.1 Å². The van der Waals surface area contributed by atoms with Crippen molar-refractivity contribution in [1.29, 1.82) is 0 Å². The number of rotatable bonds is 1. The maximum absolute atomic E-state index is 6.07. The third-order valence-corrected chi connectivity index (χ3v) is 3.09. The summed E-state index contributed by atoms with van der Waals surface area (Å²) in [6, 6.07) is 0. The van der Waals surface area contributed by atoms with Gasteiger partial charge in [0.25, 0.3) is 0 Å². The van der Waals surface area contributed by atoms with E-state index in [0.29, 0.717) is 0 Å². The topological polar surface area (TPSA) is 21.3 Å². The molecule has 1 aliphatic heterocycles. The van der Waals surface area contributed by atoms with Gasteiger partial charge >= 0.3 is 0 Å². The first-order valence-electron chi connectivity index (χ1n) is 4.05. The quantitative estimate of drug-likeness (QED) is 0.675. The van der Waals surface area contributed by atoms with Crippen LogP contribution in [0.1, 0.15) is 13.3 Å². The zero-order valence-electron chi connectivity index (χ0n) is 7.23. The van der Waals surface area contributed by atoms with E-state index in [-0.39, 0.29) is 11.6 Å². The first-order valence-corrected chi connectivity index (χ1v) is 4.43. The van der Waals surface area contributed by atoms with Gasteiger partial charge in [-0.25, -0.2) is 0 Å². The van der Waals surface area contributed by atoms with Gasteiger partial charge in [0.05, 0.1) is 0 Å². The third-order valence-electron chi connectivity index (χ3n) is 2.70. The average molecular weight is 186 g/mol. The molecular formula is C9H12ClNO. The van der Waals surface area contributed by atoms with Crippen LogP contribution in [-0.4, -0.2) is 12.8 Å². The Morgan fingerprint density at radius 1 is 1.67 bits per heavy atom. The molecule has 12 heavy (non-hydrogen) atoms. The van der Waals surface area contributed by atoms with Crippen molar-refractivity contribution in [3.05, 3.63) is 22.9 Å². The minimum absolute atomic E-state index is 0.282. The van der Waals surface area contributed by atoms with Crippen molar-refractivity contribution in [1.82, 2.24) is 5.32 Å². The largest absolute Gasteiger partial charge is 0.361 e. The summed E-state index contributed by atoms with van der Waals surface area (Å²) in [7, 11) is 1.71. The minimum atomic E-state index is -0.310. The summed E-state index contributed by atoms with van der Waals surface area (Å²) in [5.74, 6) is 0.282. The lowest BCUT2D eigenvalue weighted by atomic mass is 9.94. The Kier molecular flexibility index (Phi) is 1.70. The first kappa shape index (κ1) is 8.14. The number of hydrogen-bond acceptors (Lipinski definition) is 2. The first-order chi connectivity index (χ1) is 5.65. The maximum Gasteiger partial charge on any atom is 0.143 e. The van der Waals surface area contributed by atoms with Gasteiger partial charge in [-0.2, -0.15) is 0 Å². The highest BCUT2D eigenvalue weighted by atomic mass is 35.5. The van der Waals surface area contributed by atoms with Crippen molar-refractivity contribution in [3.63, 3.8) is 0 Å². The van der Waals surface area contributed by atoms with E-state index >= 15 is 0 Å². The van der Waals surface area contributed by atoms with Crippen molar-refractivity contribution in [2.24, 2.45) is 5.92 Å². The van der Waals surface area contributed by atoms with Gasteiger partial charge in [-0.3, -0.25) is 0 Å². The molecule has 2 rings (SSSR count). The Morgan fingerprint density at radius 3 is 3.08 bits per heavy atom. The summed E-state index contributed by atoms with van der Waals surface area (Å²) in [5.41, 5.74) is 0.907. The average Bonchev–Trinajstić information content (AvgIpc) is 2.35. The Balaban J connectivity index is 2.36. The molecule has 2 nitrogen and oxygen atoms in total. The van der Waals surface area contributed by atoms with Crippen LogP contribution in [0.15, 0.2) is 22.9 Å². The summed E-state index contributed by atoms with van der Waals surface area (Å²) in [4.78, 5) is 0. The standard InChI is InChI=1S/C9H12ClNO/c1-9(12-2)7-5-6(11-9)3-4-8(7)10/h3-4,7,11H,5H2,1-2H3/t7-,9?/m1/s1. The molecule has 0 aromatic carbocycles. The third kappa shape index (κ3) is 0.985. The van der Waals surface area contributed by atoms with Gasteiger partial charge in [0.1, 0.15) is 5.72 Å². The van der Waals surface area contributed by atoms with E-state index in [4.69, 9.17) is 16.3 Å². The molecule has 0 spiro atoms. The van der Waals surface area contributed by atoms with Crippen LogP contribution in [0.2, 0.25) is 0 Å². The molecule has 3 heteroatoms. The number of halogens is 1. The lowest BCUT2D eigenvalue weighted by Crippen LogP contribution is -2.42. The Hall–Kier alpha value is -0.470. The number of nitrogens with one attached hydrogen (secondary N) is 1. The van der Waals surface area contributed by atoms with Crippen LogP contribution in [0.3, 0.4) is 0 Å². The fourth-order valence-electron chi connectivity index (χ4n) is 1.83. The molecule has 0 aromatic rings. The van der Waals surface area contributed by atoms with Gasteiger partial charge in [0.2, 0.25) is 0 Å². The van der Waals surface area contributed by atoms with E-state index in [9.17, 15) is 0 Å². The van der Waals surface area contributed by atoms with Gasteiger partial charge in [0, 0.05) is 23.8 Å². The normalized spacial score (nSPS) is 38.8. The fourth-order valence-corrected chi connectivity index (χ4v) is 2.18. The molecule has 2 bridgehead atoms. The predicted octanol–water partition coefficient (Wildman–Crippen LogP) is 1.98. The Morgan fingerprint density at radius 2 is 2.42 bits per heavy atom. The van der Waals surface area contributed by atoms with Crippen LogP contribution < -0.4 is 5.32 Å². The summed E-state index contributed by atoms with van der Waals surface area (Å²) >= 11 is 6.07. The molecule has 1 aliphatic carbocycles. The Bertz CT molecular complexity index is 266. The molecule has 1 unspecified atom stereocenters. The molecule has 0 radical (unpaired) electrons. The molecule has 0 aromatic heterocycles. The minimum Gasteiger partial charge on any atom is -0.361 e. The van der Waals surface area contributed by atoms with E-state index in [0.717, 1.165) is 11.5 Å². The lowest BCUT2D eigenvalue weighted by molar-refractivity contribution is -0.0289. The number of hydrogen-bond donors (Lipinski definition) is 1. The molecule has 2 atom stereocenters. The Labute approximate surface area is 77.2 Å². The molecule has 1 saturated heterocycles. The van der Waals surface area contributed by atoms with E-state index in [1.54, 1.807) is 7.11 Å². The van der Waals surface area contributed by atoms with Crippen LogP contribution in [0.4, 0.5) is 0 Å². The summed E-state index contributed by atoms with van der Waals surface area (Å²) in [6.07, 6.45) is 4.94. The molecule has 1 N–H and O–H groups in total. The van der Waals surface area contributed by atoms with Gasteiger partial charge in [-0.15, -0.1) is 0 Å². The van der Waals surface area contributed by atoms with Crippen molar-refractivity contribution in [3.8, 4) is 0 Å². The van der Waals surface area contributed by atoms with E-state index in [2.05, 4.69) is 5.32 Å². The van der Waals surface area contributed by atoms with Gasteiger partial charge in [0.15, 0.2) is 0 Å². The molecule has 0 saturated carbocycles.